The van der Waals surface area contributed by atoms with E-state index in [1.807, 2.05) is 48.8 Å². The lowest BCUT2D eigenvalue weighted by molar-refractivity contribution is -0.129. The summed E-state index contributed by atoms with van der Waals surface area (Å²) in [5.74, 6) is 0.853. The van der Waals surface area contributed by atoms with Crippen LogP contribution in [0.3, 0.4) is 0 Å². The summed E-state index contributed by atoms with van der Waals surface area (Å²) >= 11 is 0. The van der Waals surface area contributed by atoms with Crippen LogP contribution < -0.4 is 10.1 Å². The van der Waals surface area contributed by atoms with Crippen LogP contribution in [0, 0.1) is 0 Å². The van der Waals surface area contributed by atoms with Gasteiger partial charge in [-0.25, -0.2) is 0 Å². The van der Waals surface area contributed by atoms with Crippen molar-refractivity contribution in [3.8, 4) is 5.75 Å². The van der Waals surface area contributed by atoms with E-state index in [0.29, 0.717) is 17.9 Å². The number of hydrogen-bond donors (Lipinski definition) is 1. The molecule has 1 aromatic carbocycles. The van der Waals surface area contributed by atoms with Gasteiger partial charge in [0.05, 0.1) is 12.3 Å². The zero-order valence-corrected chi connectivity index (χ0v) is 16.7. The molecule has 3 rings (SSSR count). The third-order valence-corrected chi connectivity index (χ3v) is 5.36. The van der Waals surface area contributed by atoms with Crippen LogP contribution in [0.15, 0.2) is 18.2 Å². The van der Waals surface area contributed by atoms with E-state index in [1.54, 1.807) is 0 Å². The molecule has 1 N–H and O–H groups in total. The number of piperidine rings is 1. The standard InChI is InChI=1S/C21H31N3O3/c1-4-27-19-9-8-16(20(25)23-11-6-5-7-12-23)14-18(19)22-17-10-13-24(15(2)3)21(17)26/h8-9,14-15,17,22H,4-7,10-13H2,1-3H3. The minimum Gasteiger partial charge on any atom is -0.492 e. The monoisotopic (exact) mass is 373 g/mol. The Morgan fingerprint density at radius 1 is 1.22 bits per heavy atom. The fourth-order valence-electron chi connectivity index (χ4n) is 3.87. The number of nitrogens with zero attached hydrogens (tertiary/aromatic N) is 2. The molecule has 0 bridgehead atoms. The lowest BCUT2D eigenvalue weighted by Gasteiger charge is -2.27. The van der Waals surface area contributed by atoms with Crippen LogP contribution in [0.25, 0.3) is 0 Å². The van der Waals surface area contributed by atoms with Gasteiger partial charge in [0, 0.05) is 31.2 Å². The molecule has 0 radical (unpaired) electrons. The number of likely N-dealkylation sites (tertiary alicyclic amines) is 2. The van der Waals surface area contributed by atoms with Gasteiger partial charge in [-0.05, 0) is 64.7 Å². The number of ether oxygens (including phenoxy) is 1. The molecule has 0 aliphatic carbocycles. The SMILES string of the molecule is CCOc1ccc(C(=O)N2CCCCC2)cc1NC1CCN(C(C)C)C1=O. The van der Waals surface area contributed by atoms with Crippen molar-refractivity contribution in [1.82, 2.24) is 9.80 Å². The van der Waals surface area contributed by atoms with Crippen molar-refractivity contribution in [1.29, 1.82) is 0 Å². The number of hydrogen-bond acceptors (Lipinski definition) is 4. The predicted octanol–water partition coefficient (Wildman–Crippen LogP) is 3.13. The fraction of sp³-hybridized carbons (Fsp3) is 0.619. The van der Waals surface area contributed by atoms with Crippen LogP contribution in [0.4, 0.5) is 5.69 Å². The minimum absolute atomic E-state index is 0.0577. The van der Waals surface area contributed by atoms with Gasteiger partial charge in [-0.1, -0.05) is 0 Å². The van der Waals surface area contributed by atoms with E-state index in [1.165, 1.54) is 6.42 Å². The van der Waals surface area contributed by atoms with Crippen LogP contribution in [0.1, 0.15) is 56.8 Å². The van der Waals surface area contributed by atoms with Crippen molar-refractivity contribution in [3.63, 3.8) is 0 Å². The Morgan fingerprint density at radius 3 is 2.59 bits per heavy atom. The number of nitrogens with one attached hydrogen (secondary N) is 1. The number of benzene rings is 1. The highest BCUT2D eigenvalue weighted by Gasteiger charge is 2.33. The van der Waals surface area contributed by atoms with E-state index in [4.69, 9.17) is 4.74 Å². The second-order valence-corrected chi connectivity index (χ2v) is 7.61. The molecular formula is C21H31N3O3. The molecule has 0 aromatic heterocycles. The number of carbonyl (C=O) groups excluding carboxylic acids is 2. The molecule has 0 spiro atoms. The third kappa shape index (κ3) is 4.37. The summed E-state index contributed by atoms with van der Waals surface area (Å²) in [5, 5.41) is 3.34. The number of anilines is 1. The van der Waals surface area contributed by atoms with Gasteiger partial charge in [0.15, 0.2) is 0 Å². The molecule has 6 heteroatoms. The molecule has 2 aliphatic rings. The Morgan fingerprint density at radius 2 is 1.96 bits per heavy atom. The highest BCUT2D eigenvalue weighted by atomic mass is 16.5. The molecular weight excluding hydrogens is 342 g/mol. The molecule has 27 heavy (non-hydrogen) atoms. The summed E-state index contributed by atoms with van der Waals surface area (Å²) in [6.45, 7) is 8.92. The maximum absolute atomic E-state index is 12.8. The summed E-state index contributed by atoms with van der Waals surface area (Å²) in [6, 6.07) is 5.43. The first-order valence-corrected chi connectivity index (χ1v) is 10.1. The lowest BCUT2D eigenvalue weighted by atomic mass is 10.1. The zero-order chi connectivity index (χ0) is 19.4. The largest absolute Gasteiger partial charge is 0.492 e. The Labute approximate surface area is 161 Å². The topological polar surface area (TPSA) is 61.9 Å². The summed E-state index contributed by atoms with van der Waals surface area (Å²) < 4.78 is 5.72. The highest BCUT2D eigenvalue weighted by Crippen LogP contribution is 2.30. The van der Waals surface area contributed by atoms with Gasteiger partial charge >= 0.3 is 0 Å². The van der Waals surface area contributed by atoms with Gasteiger partial charge in [-0.15, -0.1) is 0 Å². The summed E-state index contributed by atoms with van der Waals surface area (Å²) in [7, 11) is 0. The Balaban J connectivity index is 1.80. The zero-order valence-electron chi connectivity index (χ0n) is 16.7. The van der Waals surface area contributed by atoms with Crippen LogP contribution in [-0.2, 0) is 4.79 Å². The van der Waals surface area contributed by atoms with Crippen molar-refractivity contribution in [3.05, 3.63) is 23.8 Å². The molecule has 0 saturated carbocycles. The predicted molar refractivity (Wildman–Crippen MR) is 106 cm³/mol. The Bertz CT molecular complexity index is 683. The molecule has 2 fully saturated rings. The van der Waals surface area contributed by atoms with Crippen molar-refractivity contribution >= 4 is 17.5 Å². The van der Waals surface area contributed by atoms with Crippen molar-refractivity contribution in [2.75, 3.05) is 31.6 Å². The third-order valence-electron chi connectivity index (χ3n) is 5.36. The van der Waals surface area contributed by atoms with Crippen molar-refractivity contribution in [2.24, 2.45) is 0 Å². The number of amides is 2. The molecule has 2 heterocycles. The normalized spacial score (nSPS) is 20.3. The first kappa shape index (κ1) is 19.5. The summed E-state index contributed by atoms with van der Waals surface area (Å²) in [4.78, 5) is 29.3. The van der Waals surface area contributed by atoms with E-state index in [0.717, 1.165) is 44.6 Å². The second-order valence-electron chi connectivity index (χ2n) is 7.61. The van der Waals surface area contributed by atoms with E-state index in [-0.39, 0.29) is 23.9 Å². The molecule has 148 valence electrons. The first-order chi connectivity index (χ1) is 13.0. The maximum Gasteiger partial charge on any atom is 0.253 e. The van der Waals surface area contributed by atoms with Crippen molar-refractivity contribution < 1.29 is 14.3 Å². The van der Waals surface area contributed by atoms with Gasteiger partial charge in [-0.2, -0.15) is 0 Å². The Hall–Kier alpha value is -2.24. The minimum atomic E-state index is -0.271. The summed E-state index contributed by atoms with van der Waals surface area (Å²) in [6.07, 6.45) is 4.08. The van der Waals surface area contributed by atoms with Crippen LogP contribution >= 0.6 is 0 Å². The lowest BCUT2D eigenvalue weighted by Crippen LogP contribution is -2.37. The number of carbonyl (C=O) groups is 2. The average molecular weight is 373 g/mol. The molecule has 1 unspecified atom stereocenters. The molecule has 1 aromatic rings. The van der Waals surface area contributed by atoms with Gasteiger partial charge in [-0.3, -0.25) is 9.59 Å². The molecule has 6 nitrogen and oxygen atoms in total. The van der Waals surface area contributed by atoms with E-state index < -0.39 is 0 Å². The maximum atomic E-state index is 12.8. The highest BCUT2D eigenvalue weighted by molar-refractivity contribution is 5.96. The molecule has 2 saturated heterocycles. The average Bonchev–Trinajstić information content (AvgIpc) is 3.04. The van der Waals surface area contributed by atoms with Crippen LogP contribution in [0.2, 0.25) is 0 Å². The van der Waals surface area contributed by atoms with Gasteiger partial charge in [0.1, 0.15) is 11.8 Å². The van der Waals surface area contributed by atoms with Crippen molar-refractivity contribution in [2.45, 2.75) is 58.5 Å². The van der Waals surface area contributed by atoms with Gasteiger partial charge in [0.25, 0.3) is 5.91 Å². The van der Waals surface area contributed by atoms with Crippen LogP contribution in [-0.4, -0.2) is 59.9 Å². The van der Waals surface area contributed by atoms with Crippen LogP contribution in [0.5, 0.6) is 5.75 Å². The van der Waals surface area contributed by atoms with Gasteiger partial charge < -0.3 is 19.9 Å². The Kier molecular flexibility index (Phi) is 6.24. The van der Waals surface area contributed by atoms with E-state index in [9.17, 15) is 9.59 Å². The molecule has 2 amide bonds. The summed E-state index contributed by atoms with van der Waals surface area (Å²) in [5.41, 5.74) is 1.37. The smallest absolute Gasteiger partial charge is 0.253 e. The van der Waals surface area contributed by atoms with E-state index >= 15 is 0 Å². The number of rotatable bonds is 6. The van der Waals surface area contributed by atoms with Gasteiger partial charge in [0.2, 0.25) is 5.91 Å². The molecule has 1 atom stereocenters. The second kappa shape index (κ2) is 8.63. The first-order valence-electron chi connectivity index (χ1n) is 10.1. The molecule has 2 aliphatic heterocycles. The fourth-order valence-corrected chi connectivity index (χ4v) is 3.87. The quantitative estimate of drug-likeness (QED) is 0.832. The van der Waals surface area contributed by atoms with E-state index in [2.05, 4.69) is 5.32 Å².